The summed E-state index contributed by atoms with van der Waals surface area (Å²) in [5, 5.41) is 0. The molecule has 2 aromatic rings. The van der Waals surface area contributed by atoms with Gasteiger partial charge in [-0.25, -0.2) is 4.98 Å². The van der Waals surface area contributed by atoms with Gasteiger partial charge in [0.2, 0.25) is 0 Å². The highest BCUT2D eigenvalue weighted by atomic mass is 16.5. The SMILES string of the molecule is C#Cc1ncn(-c2ccc(OC)cc2)c1C#C. The monoisotopic (exact) mass is 222 g/mol. The van der Waals surface area contributed by atoms with Crippen LogP contribution in [-0.4, -0.2) is 16.7 Å². The molecule has 0 N–H and O–H groups in total. The smallest absolute Gasteiger partial charge is 0.147 e. The Hall–Kier alpha value is -2.65. The van der Waals surface area contributed by atoms with E-state index in [1.54, 1.807) is 18.0 Å². The van der Waals surface area contributed by atoms with Crippen LogP contribution in [0.15, 0.2) is 30.6 Å². The van der Waals surface area contributed by atoms with Crippen LogP contribution >= 0.6 is 0 Å². The Balaban J connectivity index is 2.50. The summed E-state index contributed by atoms with van der Waals surface area (Å²) in [6.45, 7) is 0. The highest BCUT2D eigenvalue weighted by Gasteiger charge is 2.08. The largest absolute Gasteiger partial charge is 0.497 e. The van der Waals surface area contributed by atoms with Gasteiger partial charge in [-0.05, 0) is 36.1 Å². The van der Waals surface area contributed by atoms with Crippen LogP contribution in [0.1, 0.15) is 11.4 Å². The molecule has 0 atom stereocenters. The zero-order valence-electron chi connectivity index (χ0n) is 9.34. The Labute approximate surface area is 100 Å². The number of benzene rings is 1. The normalized spacial score (nSPS) is 9.35. The van der Waals surface area contributed by atoms with Gasteiger partial charge in [0.05, 0.1) is 7.11 Å². The number of hydrogen-bond acceptors (Lipinski definition) is 2. The Morgan fingerprint density at radius 2 is 1.88 bits per heavy atom. The number of hydrogen-bond donors (Lipinski definition) is 0. The molecule has 82 valence electrons. The van der Waals surface area contributed by atoms with Gasteiger partial charge < -0.3 is 4.74 Å². The molecule has 0 unspecified atom stereocenters. The highest BCUT2D eigenvalue weighted by Crippen LogP contribution is 2.17. The fraction of sp³-hybridized carbons (Fsp3) is 0.0714. The van der Waals surface area contributed by atoms with E-state index in [9.17, 15) is 0 Å². The van der Waals surface area contributed by atoms with Crippen LogP contribution in [0, 0.1) is 24.7 Å². The van der Waals surface area contributed by atoms with Gasteiger partial charge in [0.1, 0.15) is 23.5 Å². The molecule has 1 heterocycles. The van der Waals surface area contributed by atoms with E-state index in [4.69, 9.17) is 17.6 Å². The maximum atomic E-state index is 5.43. The lowest BCUT2D eigenvalue weighted by atomic mass is 10.2. The molecule has 0 amide bonds. The van der Waals surface area contributed by atoms with Gasteiger partial charge in [0.25, 0.3) is 0 Å². The predicted molar refractivity (Wildman–Crippen MR) is 66.0 cm³/mol. The van der Waals surface area contributed by atoms with E-state index >= 15 is 0 Å². The minimum Gasteiger partial charge on any atom is -0.497 e. The van der Waals surface area contributed by atoms with Gasteiger partial charge in [-0.1, -0.05) is 0 Å². The van der Waals surface area contributed by atoms with Crippen LogP contribution in [0.2, 0.25) is 0 Å². The van der Waals surface area contributed by atoms with Gasteiger partial charge >= 0.3 is 0 Å². The molecular weight excluding hydrogens is 212 g/mol. The van der Waals surface area contributed by atoms with Crippen molar-refractivity contribution in [1.82, 2.24) is 9.55 Å². The second-order valence-electron chi connectivity index (χ2n) is 3.30. The van der Waals surface area contributed by atoms with Crippen LogP contribution in [0.25, 0.3) is 5.69 Å². The summed E-state index contributed by atoms with van der Waals surface area (Å²) in [4.78, 5) is 4.08. The number of imidazole rings is 1. The van der Waals surface area contributed by atoms with Crippen LogP contribution < -0.4 is 4.74 Å². The summed E-state index contributed by atoms with van der Waals surface area (Å²) in [5.41, 5.74) is 1.95. The average Bonchev–Trinajstić information content (AvgIpc) is 2.81. The topological polar surface area (TPSA) is 27.1 Å². The Kier molecular flexibility index (Phi) is 2.85. The number of ether oxygens (including phenoxy) is 1. The molecule has 0 spiro atoms. The van der Waals surface area contributed by atoms with E-state index < -0.39 is 0 Å². The van der Waals surface area contributed by atoms with Crippen molar-refractivity contribution in [1.29, 1.82) is 0 Å². The zero-order valence-corrected chi connectivity index (χ0v) is 9.34. The average molecular weight is 222 g/mol. The fourth-order valence-corrected chi connectivity index (χ4v) is 1.53. The first-order chi connectivity index (χ1) is 8.30. The van der Waals surface area contributed by atoms with Gasteiger partial charge in [0, 0.05) is 5.69 Å². The lowest BCUT2D eigenvalue weighted by Gasteiger charge is -2.05. The molecular formula is C14H10N2O. The molecule has 0 aliphatic rings. The Bertz CT molecular complexity index is 609. The molecule has 0 radical (unpaired) electrons. The van der Waals surface area contributed by atoms with E-state index in [1.165, 1.54) is 0 Å². The van der Waals surface area contributed by atoms with E-state index in [0.29, 0.717) is 11.4 Å². The van der Waals surface area contributed by atoms with E-state index in [0.717, 1.165) is 11.4 Å². The number of terminal acetylenes is 2. The third kappa shape index (κ3) is 1.87. The second kappa shape index (κ2) is 4.47. The van der Waals surface area contributed by atoms with E-state index in [-0.39, 0.29) is 0 Å². The summed E-state index contributed by atoms with van der Waals surface area (Å²) in [6.07, 6.45) is 12.4. The van der Waals surface area contributed by atoms with Crippen molar-refractivity contribution in [2.24, 2.45) is 0 Å². The standard InChI is InChI=1S/C14H10N2O/c1-4-13-14(5-2)16(10-15-13)11-6-8-12(17-3)9-7-11/h1-2,6-10H,3H3. The maximum Gasteiger partial charge on any atom is 0.147 e. The first kappa shape index (κ1) is 10.9. The molecule has 1 aromatic carbocycles. The first-order valence-corrected chi connectivity index (χ1v) is 4.95. The summed E-state index contributed by atoms with van der Waals surface area (Å²) in [5.74, 6) is 5.79. The van der Waals surface area contributed by atoms with Crippen LogP contribution in [0.3, 0.4) is 0 Å². The molecule has 0 saturated carbocycles. The number of rotatable bonds is 2. The number of methoxy groups -OCH3 is 1. The van der Waals surface area contributed by atoms with Crippen LogP contribution in [0.5, 0.6) is 5.75 Å². The molecule has 17 heavy (non-hydrogen) atoms. The predicted octanol–water partition coefficient (Wildman–Crippen LogP) is 1.84. The Morgan fingerprint density at radius 3 is 2.41 bits per heavy atom. The Morgan fingerprint density at radius 1 is 1.18 bits per heavy atom. The first-order valence-electron chi connectivity index (χ1n) is 4.95. The third-order valence-electron chi connectivity index (χ3n) is 2.39. The van der Waals surface area contributed by atoms with Crippen molar-refractivity contribution in [2.75, 3.05) is 7.11 Å². The van der Waals surface area contributed by atoms with Crippen LogP contribution in [-0.2, 0) is 0 Å². The van der Waals surface area contributed by atoms with Crippen molar-refractivity contribution in [3.05, 3.63) is 42.0 Å². The molecule has 0 fully saturated rings. The van der Waals surface area contributed by atoms with Crippen molar-refractivity contribution < 1.29 is 4.74 Å². The molecule has 0 bridgehead atoms. The molecule has 3 heteroatoms. The zero-order chi connectivity index (χ0) is 12.3. The molecule has 3 nitrogen and oxygen atoms in total. The molecule has 0 aliphatic carbocycles. The molecule has 0 saturated heterocycles. The highest BCUT2D eigenvalue weighted by molar-refractivity contribution is 5.47. The molecule has 2 rings (SSSR count). The van der Waals surface area contributed by atoms with Crippen molar-refractivity contribution in [3.8, 4) is 36.1 Å². The van der Waals surface area contributed by atoms with Gasteiger partial charge in [-0.15, -0.1) is 12.8 Å². The van der Waals surface area contributed by atoms with Gasteiger partial charge in [0.15, 0.2) is 0 Å². The van der Waals surface area contributed by atoms with Crippen molar-refractivity contribution in [2.45, 2.75) is 0 Å². The van der Waals surface area contributed by atoms with Crippen LogP contribution in [0.4, 0.5) is 0 Å². The molecule has 0 aliphatic heterocycles. The minimum absolute atomic E-state index is 0.475. The van der Waals surface area contributed by atoms with E-state index in [1.807, 2.05) is 24.3 Å². The van der Waals surface area contributed by atoms with Crippen molar-refractivity contribution >= 4 is 0 Å². The minimum atomic E-state index is 0.475. The maximum absolute atomic E-state index is 5.43. The fourth-order valence-electron chi connectivity index (χ4n) is 1.53. The van der Waals surface area contributed by atoms with Crippen molar-refractivity contribution in [3.63, 3.8) is 0 Å². The lowest BCUT2D eigenvalue weighted by Crippen LogP contribution is -1.96. The summed E-state index contributed by atoms with van der Waals surface area (Å²) in [6, 6.07) is 7.49. The summed E-state index contributed by atoms with van der Waals surface area (Å²) in [7, 11) is 1.62. The van der Waals surface area contributed by atoms with Gasteiger partial charge in [-0.3, -0.25) is 4.57 Å². The lowest BCUT2D eigenvalue weighted by molar-refractivity contribution is 0.414. The second-order valence-corrected chi connectivity index (χ2v) is 3.30. The number of nitrogens with zero attached hydrogens (tertiary/aromatic N) is 2. The molecule has 1 aromatic heterocycles. The number of aromatic nitrogens is 2. The summed E-state index contributed by atoms with van der Waals surface area (Å²) < 4.78 is 6.86. The van der Waals surface area contributed by atoms with Gasteiger partial charge in [-0.2, -0.15) is 0 Å². The van der Waals surface area contributed by atoms with E-state index in [2.05, 4.69) is 16.8 Å². The quantitative estimate of drug-likeness (QED) is 0.725. The summed E-state index contributed by atoms with van der Waals surface area (Å²) >= 11 is 0. The third-order valence-corrected chi connectivity index (χ3v) is 2.39.